The highest BCUT2D eigenvalue weighted by Crippen LogP contribution is 2.23. The molecule has 0 saturated carbocycles. The van der Waals surface area contributed by atoms with Gasteiger partial charge in [0.2, 0.25) is 0 Å². The summed E-state index contributed by atoms with van der Waals surface area (Å²) in [6.07, 6.45) is 0.132. The molecule has 3 nitrogen and oxygen atoms in total. The Hall–Kier alpha value is -2.00. The monoisotopic (exact) mass is 172 g/mol. The summed E-state index contributed by atoms with van der Waals surface area (Å²) in [6, 6.07) is 6.94. The molecule has 0 aliphatic rings. The van der Waals surface area contributed by atoms with Crippen LogP contribution in [-0.2, 0) is 6.42 Å². The quantitative estimate of drug-likeness (QED) is 0.700. The zero-order valence-electron chi connectivity index (χ0n) is 7.20. The van der Waals surface area contributed by atoms with Crippen LogP contribution in [0.15, 0.2) is 12.1 Å². The Morgan fingerprint density at radius 2 is 2.08 bits per heavy atom. The molecule has 0 unspecified atom stereocenters. The maximum atomic E-state index is 9.38. The Morgan fingerprint density at radius 3 is 2.62 bits per heavy atom. The molecule has 0 heterocycles. The second-order valence-electron chi connectivity index (χ2n) is 2.68. The Morgan fingerprint density at radius 1 is 1.38 bits per heavy atom. The number of aromatic hydroxyl groups is 1. The van der Waals surface area contributed by atoms with Crippen LogP contribution < -0.4 is 0 Å². The highest BCUT2D eigenvalue weighted by molar-refractivity contribution is 5.49. The third-order valence-corrected chi connectivity index (χ3v) is 1.95. The van der Waals surface area contributed by atoms with Crippen molar-refractivity contribution in [3.63, 3.8) is 0 Å². The third-order valence-electron chi connectivity index (χ3n) is 1.95. The molecule has 0 spiro atoms. The maximum absolute atomic E-state index is 9.38. The predicted molar refractivity (Wildman–Crippen MR) is 46.9 cm³/mol. The number of nitrogens with zero attached hydrogens (tertiary/aromatic N) is 2. The van der Waals surface area contributed by atoms with Crippen molar-refractivity contribution < 1.29 is 5.11 Å². The third kappa shape index (κ3) is 1.60. The van der Waals surface area contributed by atoms with Crippen molar-refractivity contribution in [3.05, 3.63) is 28.8 Å². The summed E-state index contributed by atoms with van der Waals surface area (Å²) in [6.45, 7) is 1.73. The summed E-state index contributed by atoms with van der Waals surface area (Å²) in [5, 5.41) is 26.6. The van der Waals surface area contributed by atoms with E-state index < -0.39 is 0 Å². The van der Waals surface area contributed by atoms with Gasteiger partial charge in [-0.05, 0) is 24.6 Å². The zero-order valence-corrected chi connectivity index (χ0v) is 7.20. The van der Waals surface area contributed by atoms with Crippen LogP contribution in [0.25, 0.3) is 0 Å². The molecule has 0 bridgehead atoms. The lowest BCUT2D eigenvalue weighted by molar-refractivity contribution is 0.469. The molecule has 0 aliphatic heterocycles. The van der Waals surface area contributed by atoms with Gasteiger partial charge in [-0.1, -0.05) is 0 Å². The van der Waals surface area contributed by atoms with Crippen LogP contribution in [0.1, 0.15) is 16.7 Å². The normalized spacial score (nSPS) is 8.85. The van der Waals surface area contributed by atoms with Gasteiger partial charge >= 0.3 is 0 Å². The number of hydrogen-bond acceptors (Lipinski definition) is 3. The smallest absolute Gasteiger partial charge is 0.120 e. The molecular formula is C10H8N2O. The summed E-state index contributed by atoms with van der Waals surface area (Å²) in [5.41, 5.74) is 1.73. The molecule has 1 aromatic rings. The maximum Gasteiger partial charge on any atom is 0.120 e. The molecule has 1 aromatic carbocycles. The second kappa shape index (κ2) is 3.60. The summed E-state index contributed by atoms with van der Waals surface area (Å²) >= 11 is 0. The first-order chi connectivity index (χ1) is 6.20. The van der Waals surface area contributed by atoms with Crippen molar-refractivity contribution in [3.8, 4) is 17.9 Å². The van der Waals surface area contributed by atoms with Crippen molar-refractivity contribution in [2.45, 2.75) is 13.3 Å². The molecule has 0 saturated heterocycles. The Labute approximate surface area is 76.5 Å². The summed E-state index contributed by atoms with van der Waals surface area (Å²) in [4.78, 5) is 0. The SMILES string of the molecule is Cc1c(C#N)ccc(O)c1CC#N. The molecule has 0 amide bonds. The van der Waals surface area contributed by atoms with Gasteiger partial charge in [-0.25, -0.2) is 0 Å². The second-order valence-corrected chi connectivity index (χ2v) is 2.68. The van der Waals surface area contributed by atoms with Gasteiger partial charge in [0, 0.05) is 5.56 Å². The molecule has 64 valence electrons. The first kappa shape index (κ1) is 9.09. The molecule has 0 aliphatic carbocycles. The van der Waals surface area contributed by atoms with Gasteiger partial charge in [0.1, 0.15) is 5.75 Å². The minimum Gasteiger partial charge on any atom is -0.508 e. The lowest BCUT2D eigenvalue weighted by Gasteiger charge is -2.05. The van der Waals surface area contributed by atoms with Gasteiger partial charge < -0.3 is 5.11 Å². The number of phenolic OH excluding ortho intramolecular Hbond substituents is 1. The van der Waals surface area contributed by atoms with E-state index in [1.54, 1.807) is 13.0 Å². The largest absolute Gasteiger partial charge is 0.508 e. The van der Waals surface area contributed by atoms with E-state index in [9.17, 15) is 5.11 Å². The van der Waals surface area contributed by atoms with Gasteiger partial charge in [0.05, 0.1) is 24.1 Å². The lowest BCUT2D eigenvalue weighted by atomic mass is 10.0. The van der Waals surface area contributed by atoms with Gasteiger partial charge in [-0.2, -0.15) is 10.5 Å². The molecule has 0 radical (unpaired) electrons. The lowest BCUT2D eigenvalue weighted by Crippen LogP contribution is -1.92. The van der Waals surface area contributed by atoms with Crippen LogP contribution in [-0.4, -0.2) is 5.11 Å². The van der Waals surface area contributed by atoms with Crippen LogP contribution in [0.3, 0.4) is 0 Å². The van der Waals surface area contributed by atoms with E-state index in [0.717, 1.165) is 0 Å². The van der Waals surface area contributed by atoms with Gasteiger partial charge in [-0.3, -0.25) is 0 Å². The zero-order chi connectivity index (χ0) is 9.84. The van der Waals surface area contributed by atoms with Crippen LogP contribution in [0.2, 0.25) is 0 Å². The van der Waals surface area contributed by atoms with E-state index in [0.29, 0.717) is 16.7 Å². The van der Waals surface area contributed by atoms with Crippen molar-refractivity contribution >= 4 is 0 Å². The fraction of sp³-hybridized carbons (Fsp3) is 0.200. The Bertz CT molecular complexity index is 410. The highest BCUT2D eigenvalue weighted by Gasteiger charge is 2.07. The summed E-state index contributed by atoms with van der Waals surface area (Å²) < 4.78 is 0. The fourth-order valence-corrected chi connectivity index (χ4v) is 1.17. The molecule has 1 N–H and O–H groups in total. The van der Waals surface area contributed by atoms with Crippen LogP contribution in [0.4, 0.5) is 0 Å². The van der Waals surface area contributed by atoms with Crippen molar-refractivity contribution in [2.75, 3.05) is 0 Å². The molecule has 3 heteroatoms. The van der Waals surface area contributed by atoms with Crippen molar-refractivity contribution in [2.24, 2.45) is 0 Å². The van der Waals surface area contributed by atoms with Gasteiger partial charge in [0.15, 0.2) is 0 Å². The standard InChI is InChI=1S/C10H8N2O/c1-7-8(6-12)2-3-10(13)9(7)4-5-11/h2-3,13H,4H2,1H3. The van der Waals surface area contributed by atoms with E-state index in [4.69, 9.17) is 10.5 Å². The number of benzene rings is 1. The number of phenols is 1. The van der Waals surface area contributed by atoms with E-state index >= 15 is 0 Å². The van der Waals surface area contributed by atoms with Crippen LogP contribution in [0, 0.1) is 29.6 Å². The van der Waals surface area contributed by atoms with Crippen molar-refractivity contribution in [1.82, 2.24) is 0 Å². The van der Waals surface area contributed by atoms with Gasteiger partial charge in [0.25, 0.3) is 0 Å². The minimum atomic E-state index is 0.0815. The average molecular weight is 172 g/mol. The highest BCUT2D eigenvalue weighted by atomic mass is 16.3. The Kier molecular flexibility index (Phi) is 2.52. The first-order valence-electron chi connectivity index (χ1n) is 3.79. The summed E-state index contributed by atoms with van der Waals surface area (Å²) in [5.74, 6) is 0.0815. The summed E-state index contributed by atoms with van der Waals surface area (Å²) in [7, 11) is 0. The topological polar surface area (TPSA) is 67.8 Å². The number of hydrogen-bond donors (Lipinski definition) is 1. The molecule has 0 atom stereocenters. The molecule has 0 aromatic heterocycles. The number of rotatable bonds is 1. The van der Waals surface area contributed by atoms with E-state index in [2.05, 4.69) is 0 Å². The van der Waals surface area contributed by atoms with Crippen LogP contribution in [0.5, 0.6) is 5.75 Å². The number of nitriles is 2. The minimum absolute atomic E-state index is 0.0815. The molecule has 13 heavy (non-hydrogen) atoms. The van der Waals surface area contributed by atoms with Crippen LogP contribution >= 0.6 is 0 Å². The van der Waals surface area contributed by atoms with E-state index in [1.165, 1.54) is 6.07 Å². The van der Waals surface area contributed by atoms with E-state index in [-0.39, 0.29) is 12.2 Å². The Balaban J connectivity index is 3.33. The van der Waals surface area contributed by atoms with E-state index in [1.807, 2.05) is 12.1 Å². The van der Waals surface area contributed by atoms with Crippen molar-refractivity contribution in [1.29, 1.82) is 10.5 Å². The molecule has 0 fully saturated rings. The van der Waals surface area contributed by atoms with Gasteiger partial charge in [-0.15, -0.1) is 0 Å². The average Bonchev–Trinajstić information content (AvgIpc) is 2.12. The molecular weight excluding hydrogens is 164 g/mol. The molecule has 1 rings (SSSR count). The first-order valence-corrected chi connectivity index (χ1v) is 3.79. The fourth-order valence-electron chi connectivity index (χ4n) is 1.17. The predicted octanol–water partition coefficient (Wildman–Crippen LogP) is 1.64.